The molecule has 0 saturated carbocycles. The summed E-state index contributed by atoms with van der Waals surface area (Å²) in [6.45, 7) is -0.363. The van der Waals surface area contributed by atoms with Gasteiger partial charge in [-0.15, -0.1) is 0 Å². The van der Waals surface area contributed by atoms with Gasteiger partial charge in [0.25, 0.3) is 0 Å². The fourth-order valence-electron chi connectivity index (χ4n) is 2.49. The molecule has 0 fully saturated rings. The van der Waals surface area contributed by atoms with Crippen molar-refractivity contribution in [2.75, 3.05) is 13.7 Å². The molecular formula is C19H21F3N2O3. The van der Waals surface area contributed by atoms with Gasteiger partial charge in [0.05, 0.1) is 12.2 Å². The van der Waals surface area contributed by atoms with Crippen LogP contribution in [0.4, 0.5) is 13.2 Å². The third-order valence-electron chi connectivity index (χ3n) is 3.95. The lowest BCUT2D eigenvalue weighted by Gasteiger charge is -2.20. The SMILES string of the molecule is CN(Cc1ccc(OCc2ccccc2C(F)(F)F)cc1)C(=O)C(N)CO. The molecule has 0 bridgehead atoms. The van der Waals surface area contributed by atoms with Crippen molar-refractivity contribution in [1.82, 2.24) is 4.90 Å². The molecule has 5 nitrogen and oxygen atoms in total. The standard InChI is InChI=1S/C19H21F3N2O3/c1-24(18(26)17(23)11-25)10-13-6-8-15(9-7-13)27-12-14-4-2-3-5-16(14)19(20,21)22/h2-9,17,25H,10-12,23H2,1H3. The van der Waals surface area contributed by atoms with Gasteiger partial charge in [-0.05, 0) is 23.8 Å². The number of ether oxygens (including phenoxy) is 1. The lowest BCUT2D eigenvalue weighted by molar-refractivity contribution is -0.138. The molecule has 0 aliphatic heterocycles. The van der Waals surface area contributed by atoms with Gasteiger partial charge in [-0.3, -0.25) is 4.79 Å². The minimum atomic E-state index is -4.43. The lowest BCUT2D eigenvalue weighted by Crippen LogP contribution is -2.43. The number of hydrogen-bond donors (Lipinski definition) is 2. The average molecular weight is 382 g/mol. The van der Waals surface area contributed by atoms with Crippen molar-refractivity contribution >= 4 is 5.91 Å². The maximum atomic E-state index is 13.0. The van der Waals surface area contributed by atoms with Crippen LogP contribution in [0.1, 0.15) is 16.7 Å². The molecule has 8 heteroatoms. The predicted molar refractivity (Wildman–Crippen MR) is 93.8 cm³/mol. The Morgan fingerprint density at radius 2 is 1.81 bits per heavy atom. The molecule has 1 unspecified atom stereocenters. The van der Waals surface area contributed by atoms with Crippen LogP contribution >= 0.6 is 0 Å². The summed E-state index contributed by atoms with van der Waals surface area (Å²) in [6, 6.07) is 11.0. The minimum absolute atomic E-state index is 0.0531. The molecule has 146 valence electrons. The van der Waals surface area contributed by atoms with Crippen molar-refractivity contribution in [3.05, 3.63) is 65.2 Å². The molecule has 1 amide bonds. The normalized spacial score (nSPS) is 12.5. The topological polar surface area (TPSA) is 75.8 Å². The number of likely N-dealkylation sites (N-methyl/N-ethyl adjacent to an activating group) is 1. The summed E-state index contributed by atoms with van der Waals surface area (Å²) < 4.78 is 44.4. The van der Waals surface area contributed by atoms with Gasteiger partial charge in [0, 0.05) is 19.2 Å². The van der Waals surface area contributed by atoms with E-state index in [1.807, 2.05) is 0 Å². The molecule has 1 atom stereocenters. The number of aliphatic hydroxyl groups excluding tert-OH is 1. The van der Waals surface area contributed by atoms with Crippen LogP contribution in [0.3, 0.4) is 0 Å². The number of alkyl halides is 3. The van der Waals surface area contributed by atoms with Gasteiger partial charge < -0.3 is 20.5 Å². The van der Waals surface area contributed by atoms with Crippen molar-refractivity contribution in [1.29, 1.82) is 0 Å². The number of halogens is 3. The first-order valence-electron chi connectivity index (χ1n) is 8.20. The van der Waals surface area contributed by atoms with E-state index in [-0.39, 0.29) is 24.6 Å². The van der Waals surface area contributed by atoms with Gasteiger partial charge in [0.2, 0.25) is 5.91 Å². The monoisotopic (exact) mass is 382 g/mol. The second-order valence-electron chi connectivity index (χ2n) is 6.07. The summed E-state index contributed by atoms with van der Waals surface area (Å²) in [4.78, 5) is 13.2. The molecule has 0 aliphatic rings. The highest BCUT2D eigenvalue weighted by atomic mass is 19.4. The first-order chi connectivity index (χ1) is 12.7. The van der Waals surface area contributed by atoms with Gasteiger partial charge >= 0.3 is 6.18 Å². The van der Waals surface area contributed by atoms with E-state index < -0.39 is 24.4 Å². The van der Waals surface area contributed by atoms with Crippen LogP contribution in [-0.2, 0) is 24.1 Å². The smallest absolute Gasteiger partial charge is 0.416 e. The highest BCUT2D eigenvalue weighted by Crippen LogP contribution is 2.32. The molecule has 0 aromatic heterocycles. The fraction of sp³-hybridized carbons (Fsp3) is 0.316. The number of benzene rings is 2. The number of amides is 1. The summed E-state index contributed by atoms with van der Waals surface area (Å²) >= 11 is 0. The number of nitrogens with two attached hydrogens (primary N) is 1. The summed E-state index contributed by atoms with van der Waals surface area (Å²) in [5, 5.41) is 8.92. The van der Waals surface area contributed by atoms with E-state index in [1.54, 1.807) is 31.3 Å². The van der Waals surface area contributed by atoms with Gasteiger partial charge in [-0.1, -0.05) is 30.3 Å². The highest BCUT2D eigenvalue weighted by molar-refractivity contribution is 5.81. The first-order valence-corrected chi connectivity index (χ1v) is 8.20. The van der Waals surface area contributed by atoms with Crippen molar-refractivity contribution in [2.45, 2.75) is 25.4 Å². The Labute approximate surface area is 155 Å². The molecule has 0 radical (unpaired) electrons. The van der Waals surface area contributed by atoms with E-state index in [0.29, 0.717) is 5.75 Å². The summed E-state index contributed by atoms with van der Waals surface area (Å²) in [7, 11) is 1.57. The molecule has 0 spiro atoms. The molecule has 0 aliphatic carbocycles. The Morgan fingerprint density at radius 1 is 1.19 bits per heavy atom. The predicted octanol–water partition coefficient (Wildman–Crippen LogP) is 2.56. The second kappa shape index (κ2) is 8.88. The van der Waals surface area contributed by atoms with Gasteiger partial charge in [0.15, 0.2) is 0 Å². The number of aliphatic hydroxyl groups is 1. The van der Waals surface area contributed by atoms with E-state index in [9.17, 15) is 18.0 Å². The molecule has 0 saturated heterocycles. The zero-order valence-corrected chi connectivity index (χ0v) is 14.7. The molecule has 2 aromatic carbocycles. The Hall–Kier alpha value is -2.58. The number of carbonyl (C=O) groups is 1. The van der Waals surface area contributed by atoms with Crippen LogP contribution in [0.5, 0.6) is 5.75 Å². The van der Waals surface area contributed by atoms with Crippen LogP contribution in [-0.4, -0.2) is 35.6 Å². The minimum Gasteiger partial charge on any atom is -0.489 e. The van der Waals surface area contributed by atoms with Crippen LogP contribution in [0, 0.1) is 0 Å². The molecule has 3 N–H and O–H groups in total. The maximum absolute atomic E-state index is 13.0. The molecule has 2 rings (SSSR count). The number of nitrogens with zero attached hydrogens (tertiary/aromatic N) is 1. The number of rotatable bonds is 7. The third-order valence-corrected chi connectivity index (χ3v) is 3.95. The average Bonchev–Trinajstić information content (AvgIpc) is 2.65. The van der Waals surface area contributed by atoms with Crippen LogP contribution in [0.25, 0.3) is 0 Å². The Kier molecular flexibility index (Phi) is 6.81. The van der Waals surface area contributed by atoms with E-state index in [2.05, 4.69) is 0 Å². The second-order valence-corrected chi connectivity index (χ2v) is 6.07. The summed E-state index contributed by atoms with van der Waals surface area (Å²) in [6.07, 6.45) is -4.43. The van der Waals surface area contributed by atoms with E-state index >= 15 is 0 Å². The van der Waals surface area contributed by atoms with Crippen molar-refractivity contribution < 1.29 is 27.8 Å². The highest BCUT2D eigenvalue weighted by Gasteiger charge is 2.32. The van der Waals surface area contributed by atoms with Gasteiger partial charge in [0.1, 0.15) is 18.4 Å². The van der Waals surface area contributed by atoms with Crippen molar-refractivity contribution in [3.8, 4) is 5.75 Å². The zero-order valence-electron chi connectivity index (χ0n) is 14.7. The van der Waals surface area contributed by atoms with E-state index in [0.717, 1.165) is 11.6 Å². The van der Waals surface area contributed by atoms with Crippen molar-refractivity contribution in [3.63, 3.8) is 0 Å². The largest absolute Gasteiger partial charge is 0.489 e. The molecule has 27 heavy (non-hydrogen) atoms. The number of carbonyl (C=O) groups excluding carboxylic acids is 1. The first kappa shape index (κ1) is 20.7. The van der Waals surface area contributed by atoms with Gasteiger partial charge in [-0.2, -0.15) is 13.2 Å². The van der Waals surface area contributed by atoms with Crippen LogP contribution in [0.2, 0.25) is 0 Å². The molecule has 0 heterocycles. The Balaban J connectivity index is 1.98. The zero-order chi connectivity index (χ0) is 20.0. The quantitative estimate of drug-likeness (QED) is 0.772. The summed E-state index contributed by atoms with van der Waals surface area (Å²) in [5.41, 5.74) is 5.61. The third kappa shape index (κ3) is 5.70. The lowest BCUT2D eigenvalue weighted by atomic mass is 10.1. The van der Waals surface area contributed by atoms with Crippen LogP contribution in [0.15, 0.2) is 48.5 Å². The van der Waals surface area contributed by atoms with E-state index in [1.165, 1.54) is 23.1 Å². The number of hydrogen-bond acceptors (Lipinski definition) is 4. The Morgan fingerprint density at radius 3 is 2.41 bits per heavy atom. The van der Waals surface area contributed by atoms with E-state index in [4.69, 9.17) is 15.6 Å². The maximum Gasteiger partial charge on any atom is 0.416 e. The van der Waals surface area contributed by atoms with Crippen molar-refractivity contribution in [2.24, 2.45) is 5.73 Å². The van der Waals surface area contributed by atoms with Gasteiger partial charge in [-0.25, -0.2) is 0 Å². The molecule has 2 aromatic rings. The molecular weight excluding hydrogens is 361 g/mol. The Bertz CT molecular complexity index is 764. The summed E-state index contributed by atoms with van der Waals surface area (Å²) in [5.74, 6) is 0.0263. The van der Waals surface area contributed by atoms with Crippen LogP contribution < -0.4 is 10.5 Å². The fourth-order valence-corrected chi connectivity index (χ4v) is 2.49.